The van der Waals surface area contributed by atoms with Crippen LogP contribution in [0.25, 0.3) is 0 Å². The summed E-state index contributed by atoms with van der Waals surface area (Å²) in [6.45, 7) is 7.64. The summed E-state index contributed by atoms with van der Waals surface area (Å²) in [5, 5.41) is 11.8. The first kappa shape index (κ1) is 22.3. The highest BCUT2D eigenvalue weighted by atomic mass is 32.1. The second kappa shape index (κ2) is 8.72. The Balaban J connectivity index is 1.61. The molecule has 2 aromatic carbocycles. The molecule has 2 aliphatic heterocycles. The van der Waals surface area contributed by atoms with Gasteiger partial charge in [0, 0.05) is 24.5 Å². The molecule has 0 aliphatic carbocycles. The summed E-state index contributed by atoms with van der Waals surface area (Å²) < 4.78 is 0. The molecular formula is C27H27N3O3S. The zero-order valence-electron chi connectivity index (χ0n) is 19.5. The highest BCUT2D eigenvalue weighted by Crippen LogP contribution is 2.44. The zero-order chi connectivity index (χ0) is 24.0. The molecule has 1 amide bonds. The van der Waals surface area contributed by atoms with Crippen LogP contribution in [0.15, 0.2) is 59.9 Å². The quantitative estimate of drug-likeness (QED) is 0.499. The van der Waals surface area contributed by atoms with Crippen molar-refractivity contribution in [3.63, 3.8) is 0 Å². The second-order valence-corrected chi connectivity index (χ2v) is 10.1. The van der Waals surface area contributed by atoms with E-state index in [2.05, 4.69) is 9.88 Å². The summed E-state index contributed by atoms with van der Waals surface area (Å²) in [7, 11) is 0. The minimum Gasteiger partial charge on any atom is -0.503 e. The maximum atomic E-state index is 13.7. The van der Waals surface area contributed by atoms with E-state index in [4.69, 9.17) is 0 Å². The van der Waals surface area contributed by atoms with Crippen LogP contribution in [0.2, 0.25) is 0 Å². The number of carbonyl (C=O) groups is 2. The van der Waals surface area contributed by atoms with Gasteiger partial charge in [-0.3, -0.25) is 14.5 Å². The number of thiazole rings is 1. The van der Waals surface area contributed by atoms with Crippen LogP contribution in [0.3, 0.4) is 0 Å². The molecule has 0 radical (unpaired) electrons. The molecule has 1 atom stereocenters. The Labute approximate surface area is 203 Å². The number of amides is 1. The molecular weight excluding hydrogens is 446 g/mol. The third kappa shape index (κ3) is 3.70. The van der Waals surface area contributed by atoms with Gasteiger partial charge in [0.05, 0.1) is 27.2 Å². The summed E-state index contributed by atoms with van der Waals surface area (Å²) in [6.07, 6.45) is 2.36. The summed E-state index contributed by atoms with van der Waals surface area (Å²) in [5.41, 5.74) is 4.23. The third-order valence-electron chi connectivity index (χ3n) is 6.64. The molecule has 1 saturated heterocycles. The van der Waals surface area contributed by atoms with Crippen molar-refractivity contribution in [2.75, 3.05) is 22.9 Å². The lowest BCUT2D eigenvalue weighted by atomic mass is 9.92. The Morgan fingerprint density at radius 1 is 1.00 bits per heavy atom. The Morgan fingerprint density at radius 3 is 2.26 bits per heavy atom. The van der Waals surface area contributed by atoms with Crippen molar-refractivity contribution in [2.45, 2.75) is 39.7 Å². The summed E-state index contributed by atoms with van der Waals surface area (Å²) in [5.74, 6) is -1.41. The minimum absolute atomic E-state index is 0.106. The van der Waals surface area contributed by atoms with E-state index in [1.807, 2.05) is 62.4 Å². The molecule has 1 fully saturated rings. The van der Waals surface area contributed by atoms with Crippen molar-refractivity contribution in [1.82, 2.24) is 4.98 Å². The lowest BCUT2D eigenvalue weighted by molar-refractivity contribution is -0.117. The van der Waals surface area contributed by atoms with Crippen molar-refractivity contribution in [3.8, 4) is 0 Å². The Bertz CT molecular complexity index is 1300. The molecule has 7 heteroatoms. The van der Waals surface area contributed by atoms with Crippen LogP contribution in [0, 0.1) is 20.8 Å². The normalized spacial score (nSPS) is 18.3. The number of aryl methyl sites for hydroxylation is 3. The van der Waals surface area contributed by atoms with Gasteiger partial charge in [0.15, 0.2) is 5.76 Å². The van der Waals surface area contributed by atoms with Crippen LogP contribution < -0.4 is 9.80 Å². The number of aliphatic hydroxyl groups excluding tert-OH is 1. The standard InChI is InChI=1S/C27H27N3O3S/c1-16-8-4-5-9-21(16)23-22(24(31)26-17(2)28-18(3)34-26)25(32)27(33)30(23)20-12-10-19(11-13-20)29-14-6-7-15-29/h4-5,8-13,23,32H,6-7,14-15H2,1-3H3. The van der Waals surface area contributed by atoms with Gasteiger partial charge in [0.1, 0.15) is 0 Å². The van der Waals surface area contributed by atoms with E-state index in [0.29, 0.717) is 16.3 Å². The molecule has 0 saturated carbocycles. The number of Topliss-reactive ketones (excluding diaryl/α,β-unsaturated/α-hetero) is 1. The van der Waals surface area contributed by atoms with E-state index >= 15 is 0 Å². The average Bonchev–Trinajstić information content (AvgIpc) is 3.53. The van der Waals surface area contributed by atoms with Crippen molar-refractivity contribution in [1.29, 1.82) is 0 Å². The monoisotopic (exact) mass is 473 g/mol. The molecule has 3 heterocycles. The highest BCUT2D eigenvalue weighted by molar-refractivity contribution is 7.14. The van der Waals surface area contributed by atoms with Crippen LogP contribution in [0.5, 0.6) is 0 Å². The molecule has 0 spiro atoms. The van der Waals surface area contributed by atoms with Crippen molar-refractivity contribution in [2.24, 2.45) is 0 Å². The maximum Gasteiger partial charge on any atom is 0.294 e. The molecule has 1 aromatic heterocycles. The molecule has 2 aliphatic rings. The number of carbonyl (C=O) groups excluding carboxylic acids is 2. The number of hydrogen-bond acceptors (Lipinski definition) is 6. The lowest BCUT2D eigenvalue weighted by Gasteiger charge is -2.28. The van der Waals surface area contributed by atoms with Gasteiger partial charge in [0.2, 0.25) is 5.78 Å². The summed E-state index contributed by atoms with van der Waals surface area (Å²) >= 11 is 1.29. The first-order valence-electron chi connectivity index (χ1n) is 11.5. The number of aromatic nitrogens is 1. The van der Waals surface area contributed by atoms with E-state index < -0.39 is 17.7 Å². The lowest BCUT2D eigenvalue weighted by Crippen LogP contribution is -2.31. The number of rotatable bonds is 5. The fourth-order valence-corrected chi connectivity index (χ4v) is 5.83. The van der Waals surface area contributed by atoms with E-state index in [1.54, 1.807) is 11.8 Å². The average molecular weight is 474 g/mol. The third-order valence-corrected chi connectivity index (χ3v) is 7.72. The Morgan fingerprint density at radius 2 is 1.65 bits per heavy atom. The van der Waals surface area contributed by atoms with Gasteiger partial charge in [-0.25, -0.2) is 4.98 Å². The zero-order valence-corrected chi connectivity index (χ0v) is 20.4. The number of nitrogens with zero attached hydrogens (tertiary/aromatic N) is 3. The molecule has 3 aromatic rings. The van der Waals surface area contributed by atoms with Crippen LogP contribution in [0.4, 0.5) is 11.4 Å². The van der Waals surface area contributed by atoms with Gasteiger partial charge < -0.3 is 10.0 Å². The Hall–Kier alpha value is -3.45. The van der Waals surface area contributed by atoms with Crippen LogP contribution >= 0.6 is 11.3 Å². The molecule has 174 valence electrons. The molecule has 5 rings (SSSR count). The molecule has 0 bridgehead atoms. The SMILES string of the molecule is Cc1nc(C)c(C(=O)C2=C(O)C(=O)N(c3ccc(N4CCCC4)cc3)C2c2ccccc2C)s1. The van der Waals surface area contributed by atoms with Gasteiger partial charge in [-0.2, -0.15) is 0 Å². The Kier molecular flexibility index (Phi) is 5.73. The number of anilines is 2. The van der Waals surface area contributed by atoms with Crippen LogP contribution in [-0.4, -0.2) is 34.9 Å². The molecule has 1 N–H and O–H groups in total. The fraction of sp³-hybridized carbons (Fsp3) is 0.296. The van der Waals surface area contributed by atoms with Crippen molar-refractivity contribution in [3.05, 3.63) is 86.6 Å². The van der Waals surface area contributed by atoms with E-state index in [-0.39, 0.29) is 11.4 Å². The van der Waals surface area contributed by atoms with Gasteiger partial charge >= 0.3 is 0 Å². The number of ketones is 1. The fourth-order valence-electron chi connectivity index (χ4n) is 4.96. The van der Waals surface area contributed by atoms with E-state index in [9.17, 15) is 14.7 Å². The predicted octanol–water partition coefficient (Wildman–Crippen LogP) is 5.45. The van der Waals surface area contributed by atoms with Crippen LogP contribution in [0.1, 0.15) is 50.4 Å². The number of hydrogen-bond donors (Lipinski definition) is 1. The number of benzene rings is 2. The predicted molar refractivity (Wildman–Crippen MR) is 135 cm³/mol. The van der Waals surface area contributed by atoms with Gasteiger partial charge in [0.25, 0.3) is 5.91 Å². The van der Waals surface area contributed by atoms with E-state index in [0.717, 1.165) is 34.9 Å². The van der Waals surface area contributed by atoms with Crippen molar-refractivity contribution < 1.29 is 14.7 Å². The van der Waals surface area contributed by atoms with Gasteiger partial charge in [-0.05, 0) is 69.0 Å². The first-order chi connectivity index (χ1) is 16.4. The van der Waals surface area contributed by atoms with Crippen LogP contribution in [-0.2, 0) is 4.79 Å². The van der Waals surface area contributed by atoms with E-state index in [1.165, 1.54) is 24.2 Å². The first-order valence-corrected chi connectivity index (χ1v) is 12.3. The summed E-state index contributed by atoms with van der Waals surface area (Å²) in [6, 6.07) is 14.8. The molecule has 34 heavy (non-hydrogen) atoms. The highest BCUT2D eigenvalue weighted by Gasteiger charge is 2.45. The minimum atomic E-state index is -0.722. The number of aliphatic hydroxyl groups is 1. The van der Waals surface area contributed by atoms with Crippen molar-refractivity contribution >= 4 is 34.4 Å². The summed E-state index contributed by atoms with van der Waals surface area (Å²) in [4.78, 5) is 35.8. The second-order valence-electron chi connectivity index (χ2n) is 8.88. The van der Waals surface area contributed by atoms with Gasteiger partial charge in [-0.1, -0.05) is 24.3 Å². The topological polar surface area (TPSA) is 73.7 Å². The largest absolute Gasteiger partial charge is 0.503 e. The smallest absolute Gasteiger partial charge is 0.294 e. The molecule has 6 nitrogen and oxygen atoms in total. The molecule has 1 unspecified atom stereocenters. The van der Waals surface area contributed by atoms with Gasteiger partial charge in [-0.15, -0.1) is 11.3 Å². The maximum absolute atomic E-state index is 13.7.